The number of nitrogens with zero attached hydrogens (tertiary/aromatic N) is 2. The number of likely N-dealkylation sites (tertiary alicyclic amines) is 2. The van der Waals surface area contributed by atoms with Gasteiger partial charge in [-0.25, -0.2) is 4.39 Å². The smallest absolute Gasteiger partial charge is 0.226 e. The van der Waals surface area contributed by atoms with Gasteiger partial charge in [-0.2, -0.15) is 0 Å². The van der Waals surface area contributed by atoms with E-state index in [9.17, 15) is 14.3 Å². The third kappa shape index (κ3) is 3.82. The molecule has 0 aliphatic carbocycles. The standard InChI is InChI=1S/C17H23FN2O3/c18-13-5-1-2-6-16(13)23-10-7-17(22)20-11-14(15(21)12-20)19-8-3-4-9-19/h1-2,5-6,14-15,21H,3-4,7-12H2/t14-,15-/m1/s1. The van der Waals surface area contributed by atoms with E-state index in [1.165, 1.54) is 6.07 Å². The van der Waals surface area contributed by atoms with Crippen LogP contribution in [0.5, 0.6) is 5.75 Å². The number of carbonyl (C=O) groups is 1. The number of halogens is 1. The molecule has 2 atom stereocenters. The van der Waals surface area contributed by atoms with Crippen molar-refractivity contribution in [3.05, 3.63) is 30.1 Å². The highest BCUT2D eigenvalue weighted by atomic mass is 19.1. The topological polar surface area (TPSA) is 53.0 Å². The second kappa shape index (κ2) is 7.27. The van der Waals surface area contributed by atoms with Gasteiger partial charge in [0.15, 0.2) is 11.6 Å². The van der Waals surface area contributed by atoms with Crippen molar-refractivity contribution in [2.75, 3.05) is 32.8 Å². The lowest BCUT2D eigenvalue weighted by atomic mass is 10.2. The van der Waals surface area contributed by atoms with E-state index < -0.39 is 11.9 Å². The number of aliphatic hydroxyl groups is 1. The summed E-state index contributed by atoms with van der Waals surface area (Å²) in [5, 5.41) is 10.2. The van der Waals surface area contributed by atoms with Crippen LogP contribution in [0, 0.1) is 5.82 Å². The van der Waals surface area contributed by atoms with Gasteiger partial charge in [-0.05, 0) is 38.1 Å². The monoisotopic (exact) mass is 322 g/mol. The molecule has 0 saturated carbocycles. The van der Waals surface area contributed by atoms with Gasteiger partial charge in [0.2, 0.25) is 5.91 Å². The summed E-state index contributed by atoms with van der Waals surface area (Å²) in [6, 6.07) is 6.21. The normalized spacial score (nSPS) is 25.0. The van der Waals surface area contributed by atoms with Crippen molar-refractivity contribution in [2.24, 2.45) is 0 Å². The molecule has 2 saturated heterocycles. The summed E-state index contributed by atoms with van der Waals surface area (Å²) in [4.78, 5) is 16.2. The minimum Gasteiger partial charge on any atom is -0.490 e. The molecule has 126 valence electrons. The highest BCUT2D eigenvalue weighted by Crippen LogP contribution is 2.22. The van der Waals surface area contributed by atoms with Gasteiger partial charge in [-0.15, -0.1) is 0 Å². The lowest BCUT2D eigenvalue weighted by molar-refractivity contribution is -0.131. The molecule has 1 N–H and O–H groups in total. The molecule has 0 bridgehead atoms. The van der Waals surface area contributed by atoms with Gasteiger partial charge < -0.3 is 14.7 Å². The van der Waals surface area contributed by atoms with Crippen molar-refractivity contribution in [1.29, 1.82) is 0 Å². The minimum absolute atomic E-state index is 0.0499. The van der Waals surface area contributed by atoms with Crippen LogP contribution in [0.25, 0.3) is 0 Å². The Morgan fingerprint density at radius 2 is 2.00 bits per heavy atom. The van der Waals surface area contributed by atoms with Gasteiger partial charge in [0.1, 0.15) is 0 Å². The molecule has 23 heavy (non-hydrogen) atoms. The summed E-state index contributed by atoms with van der Waals surface area (Å²) in [6.07, 6.45) is 2.03. The van der Waals surface area contributed by atoms with E-state index in [0.717, 1.165) is 25.9 Å². The number of hydrogen-bond donors (Lipinski definition) is 1. The molecule has 1 aromatic carbocycles. The zero-order chi connectivity index (χ0) is 16.2. The maximum atomic E-state index is 13.4. The Morgan fingerprint density at radius 1 is 1.26 bits per heavy atom. The van der Waals surface area contributed by atoms with E-state index in [1.54, 1.807) is 23.1 Å². The molecule has 0 spiro atoms. The zero-order valence-electron chi connectivity index (χ0n) is 13.2. The predicted octanol–water partition coefficient (Wildman–Crippen LogP) is 1.26. The molecule has 3 rings (SSSR count). The summed E-state index contributed by atoms with van der Waals surface area (Å²) in [7, 11) is 0. The number of amides is 1. The first-order chi connectivity index (χ1) is 11.1. The first kappa shape index (κ1) is 16.2. The molecule has 0 radical (unpaired) electrons. The van der Waals surface area contributed by atoms with Crippen LogP contribution in [-0.2, 0) is 4.79 Å². The van der Waals surface area contributed by atoms with E-state index in [4.69, 9.17) is 4.74 Å². The SMILES string of the molecule is O=C(CCOc1ccccc1F)N1C[C@@H](O)[C@H](N2CCCC2)C1. The van der Waals surface area contributed by atoms with Crippen LogP contribution in [0.15, 0.2) is 24.3 Å². The predicted molar refractivity (Wildman–Crippen MR) is 83.7 cm³/mol. The number of hydrogen-bond acceptors (Lipinski definition) is 4. The first-order valence-electron chi connectivity index (χ1n) is 8.22. The fourth-order valence-corrected chi connectivity index (χ4v) is 3.37. The van der Waals surface area contributed by atoms with Crippen LogP contribution in [0.4, 0.5) is 4.39 Å². The number of para-hydroxylation sites is 1. The fourth-order valence-electron chi connectivity index (χ4n) is 3.37. The van der Waals surface area contributed by atoms with E-state index in [-0.39, 0.29) is 30.7 Å². The Kier molecular flexibility index (Phi) is 5.13. The lowest BCUT2D eigenvalue weighted by Gasteiger charge is -2.25. The highest BCUT2D eigenvalue weighted by molar-refractivity contribution is 5.76. The van der Waals surface area contributed by atoms with E-state index in [1.807, 2.05) is 0 Å². The molecule has 1 amide bonds. The van der Waals surface area contributed by atoms with Gasteiger partial charge in [0.05, 0.1) is 25.2 Å². The van der Waals surface area contributed by atoms with Gasteiger partial charge in [0, 0.05) is 13.1 Å². The third-order valence-electron chi connectivity index (χ3n) is 4.63. The third-order valence-corrected chi connectivity index (χ3v) is 4.63. The molecular weight excluding hydrogens is 299 g/mol. The fraction of sp³-hybridized carbons (Fsp3) is 0.588. The van der Waals surface area contributed by atoms with Crippen molar-refractivity contribution in [3.63, 3.8) is 0 Å². The Balaban J connectivity index is 1.46. The highest BCUT2D eigenvalue weighted by Gasteiger charge is 2.38. The molecule has 2 fully saturated rings. The zero-order valence-corrected chi connectivity index (χ0v) is 13.2. The maximum Gasteiger partial charge on any atom is 0.226 e. The van der Waals surface area contributed by atoms with Crippen LogP contribution in [0.1, 0.15) is 19.3 Å². The van der Waals surface area contributed by atoms with Crippen LogP contribution in [0.2, 0.25) is 0 Å². The number of benzene rings is 1. The van der Waals surface area contributed by atoms with Gasteiger partial charge in [-0.1, -0.05) is 12.1 Å². The molecule has 5 nitrogen and oxygen atoms in total. The van der Waals surface area contributed by atoms with Crippen molar-refractivity contribution >= 4 is 5.91 Å². The molecule has 0 unspecified atom stereocenters. The van der Waals surface area contributed by atoms with E-state index in [2.05, 4.69) is 4.90 Å². The summed E-state index contributed by atoms with van der Waals surface area (Å²) in [6.45, 7) is 3.08. The number of β-amino-alcohol motifs (C(OH)–C–C–N with tert-alkyl or cyclic N) is 1. The van der Waals surface area contributed by atoms with Crippen molar-refractivity contribution < 1.29 is 19.0 Å². The Hall–Kier alpha value is -1.66. The first-order valence-corrected chi connectivity index (χ1v) is 8.22. The maximum absolute atomic E-state index is 13.4. The van der Waals surface area contributed by atoms with Crippen LogP contribution < -0.4 is 4.74 Å². The Labute approximate surface area is 135 Å². The second-order valence-corrected chi connectivity index (χ2v) is 6.21. The lowest BCUT2D eigenvalue weighted by Crippen LogP contribution is -2.41. The molecular formula is C17H23FN2O3. The summed E-state index contributed by atoms with van der Waals surface area (Å²) < 4.78 is 18.8. The molecule has 6 heteroatoms. The Bertz CT molecular complexity index is 548. The average Bonchev–Trinajstić information content (AvgIpc) is 3.18. The van der Waals surface area contributed by atoms with Gasteiger partial charge >= 0.3 is 0 Å². The number of rotatable bonds is 5. The summed E-state index contributed by atoms with van der Waals surface area (Å²) in [5.41, 5.74) is 0. The van der Waals surface area contributed by atoms with Gasteiger partial charge in [0.25, 0.3) is 0 Å². The quantitative estimate of drug-likeness (QED) is 0.887. The van der Waals surface area contributed by atoms with Crippen LogP contribution >= 0.6 is 0 Å². The van der Waals surface area contributed by atoms with Crippen LogP contribution in [0.3, 0.4) is 0 Å². The number of aliphatic hydroxyl groups excluding tert-OH is 1. The number of carbonyl (C=O) groups excluding carboxylic acids is 1. The largest absolute Gasteiger partial charge is 0.490 e. The van der Waals surface area contributed by atoms with E-state index in [0.29, 0.717) is 13.1 Å². The van der Waals surface area contributed by atoms with Crippen molar-refractivity contribution in [1.82, 2.24) is 9.80 Å². The second-order valence-electron chi connectivity index (χ2n) is 6.21. The summed E-state index contributed by atoms with van der Waals surface area (Å²) >= 11 is 0. The van der Waals surface area contributed by atoms with E-state index >= 15 is 0 Å². The molecule has 2 aliphatic heterocycles. The molecule has 0 aromatic heterocycles. The van der Waals surface area contributed by atoms with Crippen LogP contribution in [-0.4, -0.2) is 65.7 Å². The minimum atomic E-state index is -0.482. The van der Waals surface area contributed by atoms with Crippen molar-refractivity contribution in [3.8, 4) is 5.75 Å². The number of ether oxygens (including phenoxy) is 1. The molecule has 1 aromatic rings. The molecule has 2 heterocycles. The van der Waals surface area contributed by atoms with Crippen molar-refractivity contribution in [2.45, 2.75) is 31.4 Å². The Morgan fingerprint density at radius 3 is 2.74 bits per heavy atom. The molecule has 2 aliphatic rings. The summed E-state index contributed by atoms with van der Waals surface area (Å²) in [5.74, 6) is -0.315. The van der Waals surface area contributed by atoms with Gasteiger partial charge in [-0.3, -0.25) is 9.69 Å². The average molecular weight is 322 g/mol.